The molecule has 1 aliphatic heterocycles. The van der Waals surface area contributed by atoms with Crippen LogP contribution in [0.25, 0.3) is 0 Å². The Bertz CT molecular complexity index is 477. The summed E-state index contributed by atoms with van der Waals surface area (Å²) in [6.45, 7) is 16.0. The van der Waals surface area contributed by atoms with Crippen LogP contribution in [-0.4, -0.2) is 54.2 Å². The van der Waals surface area contributed by atoms with E-state index < -0.39 is 5.60 Å². The maximum absolute atomic E-state index is 12.3. The van der Waals surface area contributed by atoms with Crippen LogP contribution >= 0.6 is 0 Å². The van der Waals surface area contributed by atoms with Gasteiger partial charge in [-0.2, -0.15) is 0 Å². The highest BCUT2D eigenvalue weighted by Gasteiger charge is 2.26. The molecule has 1 aliphatic rings. The number of carbonyl (C=O) groups is 1. The summed E-state index contributed by atoms with van der Waals surface area (Å²) in [5.41, 5.74) is -0.400. The minimum absolute atomic E-state index is 0.133. The van der Waals surface area contributed by atoms with Crippen molar-refractivity contribution in [3.63, 3.8) is 0 Å². The van der Waals surface area contributed by atoms with Gasteiger partial charge in [0, 0.05) is 13.1 Å². The fourth-order valence-electron chi connectivity index (χ4n) is 5.25. The number of unbranched alkanes of at least 4 members (excludes halogenated alkanes) is 12. The van der Waals surface area contributed by atoms with Gasteiger partial charge in [0.25, 0.3) is 0 Å². The molecule has 1 fully saturated rings. The van der Waals surface area contributed by atoms with Crippen LogP contribution in [0.15, 0.2) is 0 Å². The number of carbonyl (C=O) groups excluding carboxylic acids is 1. The zero-order valence-corrected chi connectivity index (χ0v) is 24.6. The highest BCUT2D eigenvalue weighted by molar-refractivity contribution is 5.68. The van der Waals surface area contributed by atoms with Crippen molar-refractivity contribution in [2.75, 3.05) is 32.7 Å². The summed E-state index contributed by atoms with van der Waals surface area (Å²) in [6, 6.07) is 0. The minimum Gasteiger partial charge on any atom is -0.444 e. The topological polar surface area (TPSA) is 32.8 Å². The predicted molar refractivity (Wildman–Crippen MR) is 152 cm³/mol. The second-order valence-corrected chi connectivity index (χ2v) is 12.1. The van der Waals surface area contributed by atoms with Gasteiger partial charge in [-0.25, -0.2) is 4.79 Å². The quantitative estimate of drug-likeness (QED) is 0.158. The summed E-state index contributed by atoms with van der Waals surface area (Å²) < 4.78 is 5.55. The highest BCUT2D eigenvalue weighted by atomic mass is 16.6. The van der Waals surface area contributed by atoms with Crippen LogP contribution in [-0.2, 0) is 4.74 Å². The number of likely N-dealkylation sites (tertiary alicyclic amines) is 1. The Kier molecular flexibility index (Phi) is 18.7. The van der Waals surface area contributed by atoms with Gasteiger partial charge in [-0.15, -0.1) is 0 Å². The molecule has 1 amide bonds. The Morgan fingerprint density at radius 2 is 1.14 bits per heavy atom. The van der Waals surface area contributed by atoms with E-state index in [1.165, 1.54) is 122 Å². The van der Waals surface area contributed by atoms with Crippen molar-refractivity contribution in [2.24, 2.45) is 5.92 Å². The zero-order valence-electron chi connectivity index (χ0n) is 24.6. The Hall–Kier alpha value is -0.770. The molecule has 35 heavy (non-hydrogen) atoms. The SMILES string of the molecule is CCCCCCCCCN(CCCCCCCCC)CCCC1CCN(C(=O)OC(C)(C)C)CC1. The van der Waals surface area contributed by atoms with Crippen molar-refractivity contribution in [1.29, 1.82) is 0 Å². The second kappa shape index (κ2) is 20.3. The first kappa shape index (κ1) is 32.3. The summed E-state index contributed by atoms with van der Waals surface area (Å²) in [5.74, 6) is 0.771. The smallest absolute Gasteiger partial charge is 0.410 e. The third-order valence-corrected chi connectivity index (χ3v) is 7.51. The van der Waals surface area contributed by atoms with Crippen LogP contribution < -0.4 is 0 Å². The third-order valence-electron chi connectivity index (χ3n) is 7.51. The lowest BCUT2D eigenvalue weighted by molar-refractivity contribution is 0.0179. The van der Waals surface area contributed by atoms with Crippen LogP contribution in [0.4, 0.5) is 4.79 Å². The van der Waals surface area contributed by atoms with Crippen LogP contribution in [0.5, 0.6) is 0 Å². The lowest BCUT2D eigenvalue weighted by atomic mass is 9.92. The second-order valence-electron chi connectivity index (χ2n) is 12.1. The van der Waals surface area contributed by atoms with Gasteiger partial charge in [0.05, 0.1) is 0 Å². The zero-order chi connectivity index (χ0) is 25.8. The van der Waals surface area contributed by atoms with E-state index in [2.05, 4.69) is 18.7 Å². The average molecular weight is 495 g/mol. The van der Waals surface area contributed by atoms with Gasteiger partial charge < -0.3 is 14.5 Å². The van der Waals surface area contributed by atoms with Crippen molar-refractivity contribution in [3.05, 3.63) is 0 Å². The van der Waals surface area contributed by atoms with Gasteiger partial charge in [-0.3, -0.25) is 0 Å². The molecule has 1 heterocycles. The van der Waals surface area contributed by atoms with Gasteiger partial charge in [-0.1, -0.05) is 90.9 Å². The van der Waals surface area contributed by atoms with Crippen molar-refractivity contribution in [1.82, 2.24) is 9.80 Å². The Balaban J connectivity index is 2.27. The normalized spacial score (nSPS) is 15.2. The monoisotopic (exact) mass is 494 g/mol. The maximum Gasteiger partial charge on any atom is 0.410 e. The van der Waals surface area contributed by atoms with Gasteiger partial charge >= 0.3 is 6.09 Å². The van der Waals surface area contributed by atoms with E-state index in [1.54, 1.807) is 0 Å². The third kappa shape index (κ3) is 18.2. The number of amides is 1. The van der Waals surface area contributed by atoms with Crippen molar-refractivity contribution in [2.45, 2.75) is 156 Å². The van der Waals surface area contributed by atoms with E-state index in [0.29, 0.717) is 0 Å². The fraction of sp³-hybridized carbons (Fsp3) is 0.968. The molecule has 0 aromatic carbocycles. The molecule has 0 aromatic rings. The summed E-state index contributed by atoms with van der Waals surface area (Å²) >= 11 is 0. The number of hydrogen-bond acceptors (Lipinski definition) is 3. The molecule has 0 bridgehead atoms. The molecule has 0 unspecified atom stereocenters. The van der Waals surface area contributed by atoms with Gasteiger partial charge in [0.15, 0.2) is 0 Å². The lowest BCUT2D eigenvalue weighted by Gasteiger charge is -2.33. The van der Waals surface area contributed by atoms with E-state index in [0.717, 1.165) is 31.8 Å². The fourth-order valence-corrected chi connectivity index (χ4v) is 5.25. The molecular formula is C31H62N2O2. The van der Waals surface area contributed by atoms with Gasteiger partial charge in [0.2, 0.25) is 0 Å². The summed E-state index contributed by atoms with van der Waals surface area (Å²) in [6.07, 6.45) is 24.3. The summed E-state index contributed by atoms with van der Waals surface area (Å²) in [5, 5.41) is 0. The largest absolute Gasteiger partial charge is 0.444 e. The first-order chi connectivity index (χ1) is 16.9. The van der Waals surface area contributed by atoms with Crippen molar-refractivity contribution in [3.8, 4) is 0 Å². The summed E-state index contributed by atoms with van der Waals surface area (Å²) in [4.78, 5) is 17.0. The van der Waals surface area contributed by atoms with Crippen LogP contribution in [0.2, 0.25) is 0 Å². The first-order valence-corrected chi connectivity index (χ1v) is 15.6. The molecule has 4 heteroatoms. The molecule has 0 N–H and O–H groups in total. The highest BCUT2D eigenvalue weighted by Crippen LogP contribution is 2.24. The molecule has 1 rings (SSSR count). The Morgan fingerprint density at radius 1 is 0.714 bits per heavy atom. The standard InChI is InChI=1S/C31H62N2O2/c1-6-8-10-12-14-16-18-24-32(25-19-17-15-13-11-9-7-2)26-20-21-29-22-27-33(28-23-29)30(34)35-31(3,4)5/h29H,6-28H2,1-5H3. The molecule has 0 spiro atoms. The van der Waals surface area contributed by atoms with E-state index >= 15 is 0 Å². The minimum atomic E-state index is -0.400. The summed E-state index contributed by atoms with van der Waals surface area (Å²) in [7, 11) is 0. The van der Waals surface area contributed by atoms with E-state index in [-0.39, 0.29) is 6.09 Å². The molecule has 0 atom stereocenters. The molecule has 0 aromatic heterocycles. The molecule has 0 radical (unpaired) electrons. The number of rotatable bonds is 20. The molecule has 208 valence electrons. The predicted octanol–water partition coefficient (Wildman–Crippen LogP) is 9.22. The number of hydrogen-bond donors (Lipinski definition) is 0. The molecule has 0 saturated carbocycles. The first-order valence-electron chi connectivity index (χ1n) is 15.6. The van der Waals surface area contributed by atoms with Crippen LogP contribution in [0, 0.1) is 5.92 Å². The van der Waals surface area contributed by atoms with Crippen molar-refractivity contribution >= 4 is 6.09 Å². The van der Waals surface area contributed by atoms with E-state index in [9.17, 15) is 4.79 Å². The number of nitrogens with zero attached hydrogens (tertiary/aromatic N) is 2. The Morgan fingerprint density at radius 3 is 1.60 bits per heavy atom. The average Bonchev–Trinajstić information content (AvgIpc) is 2.81. The van der Waals surface area contributed by atoms with Crippen molar-refractivity contribution < 1.29 is 9.53 Å². The van der Waals surface area contributed by atoms with Gasteiger partial charge in [-0.05, 0) is 84.8 Å². The lowest BCUT2D eigenvalue weighted by Crippen LogP contribution is -2.41. The molecule has 4 nitrogen and oxygen atoms in total. The molecular weight excluding hydrogens is 432 g/mol. The van der Waals surface area contributed by atoms with E-state index in [1.807, 2.05) is 25.7 Å². The number of piperidine rings is 1. The van der Waals surface area contributed by atoms with Crippen LogP contribution in [0.1, 0.15) is 150 Å². The molecule has 1 saturated heterocycles. The van der Waals surface area contributed by atoms with E-state index in [4.69, 9.17) is 4.74 Å². The Labute approximate surface area is 219 Å². The van der Waals surface area contributed by atoms with Gasteiger partial charge in [0.1, 0.15) is 5.60 Å². The van der Waals surface area contributed by atoms with Crippen LogP contribution in [0.3, 0.4) is 0 Å². The molecule has 0 aliphatic carbocycles. The number of ether oxygens (including phenoxy) is 1. The maximum atomic E-state index is 12.3.